The van der Waals surface area contributed by atoms with Gasteiger partial charge in [-0.05, 0) is 44.4 Å². The number of nitrogens with one attached hydrogen (secondary N) is 1. The third kappa shape index (κ3) is 4.05. The van der Waals surface area contributed by atoms with Gasteiger partial charge in [-0.1, -0.05) is 17.7 Å². The van der Waals surface area contributed by atoms with Crippen LogP contribution in [0.3, 0.4) is 0 Å². The zero-order valence-electron chi connectivity index (χ0n) is 13.3. The Morgan fingerprint density at radius 2 is 1.75 bits per heavy atom. The van der Waals surface area contributed by atoms with Crippen LogP contribution in [0, 0.1) is 20.8 Å². The van der Waals surface area contributed by atoms with Gasteiger partial charge in [-0.3, -0.25) is 4.90 Å². The van der Waals surface area contributed by atoms with E-state index in [1.165, 1.54) is 22.3 Å². The molecule has 1 aliphatic rings. The summed E-state index contributed by atoms with van der Waals surface area (Å²) in [5.41, 5.74) is 5.60. The van der Waals surface area contributed by atoms with Gasteiger partial charge < -0.3 is 10.1 Å². The van der Waals surface area contributed by atoms with Crippen molar-refractivity contribution < 1.29 is 4.74 Å². The van der Waals surface area contributed by atoms with E-state index in [0.717, 1.165) is 39.4 Å². The van der Waals surface area contributed by atoms with E-state index in [0.29, 0.717) is 6.04 Å². The second-order valence-corrected chi connectivity index (χ2v) is 5.94. The van der Waals surface area contributed by atoms with Gasteiger partial charge in [-0.2, -0.15) is 0 Å². The lowest BCUT2D eigenvalue weighted by atomic mass is 9.95. The molecule has 1 fully saturated rings. The lowest BCUT2D eigenvalue weighted by Gasteiger charge is -2.27. The summed E-state index contributed by atoms with van der Waals surface area (Å²) in [4.78, 5) is 2.47. The first-order chi connectivity index (χ1) is 9.58. The second-order valence-electron chi connectivity index (χ2n) is 5.94. The Hall–Kier alpha value is -0.900. The highest BCUT2D eigenvalue weighted by molar-refractivity contribution is 5.39. The third-order valence-corrected chi connectivity index (χ3v) is 4.15. The third-order valence-electron chi connectivity index (χ3n) is 4.15. The van der Waals surface area contributed by atoms with E-state index >= 15 is 0 Å². The normalized spacial score (nSPS) is 18.2. The number of aryl methyl sites for hydroxylation is 3. The number of benzene rings is 1. The zero-order valence-corrected chi connectivity index (χ0v) is 13.3. The van der Waals surface area contributed by atoms with Crippen LogP contribution >= 0.6 is 0 Å². The summed E-state index contributed by atoms with van der Waals surface area (Å²) in [7, 11) is 0. The minimum Gasteiger partial charge on any atom is -0.379 e. The molecule has 1 N–H and O–H groups in total. The van der Waals surface area contributed by atoms with Crippen molar-refractivity contribution in [2.45, 2.75) is 33.7 Å². The van der Waals surface area contributed by atoms with Crippen LogP contribution in [0.1, 0.15) is 35.2 Å². The van der Waals surface area contributed by atoms with Gasteiger partial charge in [-0.25, -0.2) is 0 Å². The fourth-order valence-electron chi connectivity index (χ4n) is 3.24. The van der Waals surface area contributed by atoms with E-state index in [1.807, 2.05) is 0 Å². The number of hydrogen-bond donors (Lipinski definition) is 1. The SMILES string of the molecule is Cc1cc(C)c(C(C)NCCN2CCOCC2)c(C)c1. The second kappa shape index (κ2) is 7.21. The Morgan fingerprint density at radius 3 is 2.35 bits per heavy atom. The first-order valence-electron chi connectivity index (χ1n) is 7.69. The molecular formula is C17H28N2O. The van der Waals surface area contributed by atoms with Gasteiger partial charge >= 0.3 is 0 Å². The van der Waals surface area contributed by atoms with Crippen LogP contribution in [0.15, 0.2) is 12.1 Å². The molecule has 1 heterocycles. The zero-order chi connectivity index (χ0) is 14.5. The van der Waals surface area contributed by atoms with Crippen LogP contribution in [0.25, 0.3) is 0 Å². The highest BCUT2D eigenvalue weighted by Crippen LogP contribution is 2.23. The number of rotatable bonds is 5. The maximum absolute atomic E-state index is 5.38. The van der Waals surface area contributed by atoms with Crippen molar-refractivity contribution in [2.24, 2.45) is 0 Å². The molecule has 0 aromatic heterocycles. The minimum absolute atomic E-state index is 0.414. The van der Waals surface area contributed by atoms with Crippen molar-refractivity contribution in [2.75, 3.05) is 39.4 Å². The van der Waals surface area contributed by atoms with Gasteiger partial charge in [0.05, 0.1) is 13.2 Å². The van der Waals surface area contributed by atoms with E-state index in [2.05, 4.69) is 50.0 Å². The van der Waals surface area contributed by atoms with Crippen molar-refractivity contribution >= 4 is 0 Å². The van der Waals surface area contributed by atoms with Crippen LogP contribution in [0.2, 0.25) is 0 Å². The minimum atomic E-state index is 0.414. The van der Waals surface area contributed by atoms with E-state index < -0.39 is 0 Å². The molecule has 0 aliphatic carbocycles. The highest BCUT2D eigenvalue weighted by Gasteiger charge is 2.13. The van der Waals surface area contributed by atoms with Crippen molar-refractivity contribution in [3.05, 3.63) is 34.4 Å². The number of hydrogen-bond acceptors (Lipinski definition) is 3. The first kappa shape index (κ1) is 15.5. The average molecular weight is 276 g/mol. The van der Waals surface area contributed by atoms with Gasteiger partial charge in [0.25, 0.3) is 0 Å². The Labute approximate surface area is 123 Å². The summed E-state index contributed by atoms with van der Waals surface area (Å²) in [5.74, 6) is 0. The predicted octanol–water partition coefficient (Wildman–Crippen LogP) is 2.59. The van der Waals surface area contributed by atoms with E-state index in [-0.39, 0.29) is 0 Å². The molecule has 3 heteroatoms. The molecule has 1 aromatic carbocycles. The van der Waals surface area contributed by atoms with Gasteiger partial charge in [-0.15, -0.1) is 0 Å². The molecule has 112 valence electrons. The molecule has 1 atom stereocenters. The summed E-state index contributed by atoms with van der Waals surface area (Å²) in [6.07, 6.45) is 0. The maximum atomic E-state index is 5.38. The van der Waals surface area contributed by atoms with Gasteiger partial charge in [0.15, 0.2) is 0 Å². The molecule has 0 bridgehead atoms. The summed E-state index contributed by atoms with van der Waals surface area (Å²) >= 11 is 0. The molecule has 0 radical (unpaired) electrons. The number of nitrogens with zero attached hydrogens (tertiary/aromatic N) is 1. The summed E-state index contributed by atoms with van der Waals surface area (Å²) in [6.45, 7) is 14.9. The molecule has 2 rings (SSSR count). The van der Waals surface area contributed by atoms with Gasteiger partial charge in [0, 0.05) is 32.2 Å². The molecule has 1 saturated heterocycles. The quantitative estimate of drug-likeness (QED) is 0.894. The Kier molecular flexibility index (Phi) is 5.58. The fourth-order valence-corrected chi connectivity index (χ4v) is 3.24. The van der Waals surface area contributed by atoms with Crippen LogP contribution in [0.4, 0.5) is 0 Å². The molecule has 1 aliphatic heterocycles. The Morgan fingerprint density at radius 1 is 1.15 bits per heavy atom. The van der Waals surface area contributed by atoms with E-state index in [1.54, 1.807) is 0 Å². The first-order valence-corrected chi connectivity index (χ1v) is 7.69. The van der Waals surface area contributed by atoms with Crippen molar-refractivity contribution in [3.8, 4) is 0 Å². The highest BCUT2D eigenvalue weighted by atomic mass is 16.5. The largest absolute Gasteiger partial charge is 0.379 e. The lowest BCUT2D eigenvalue weighted by molar-refractivity contribution is 0.0382. The lowest BCUT2D eigenvalue weighted by Crippen LogP contribution is -2.40. The van der Waals surface area contributed by atoms with Crippen LogP contribution in [0.5, 0.6) is 0 Å². The summed E-state index contributed by atoms with van der Waals surface area (Å²) in [6, 6.07) is 4.97. The molecule has 0 spiro atoms. The topological polar surface area (TPSA) is 24.5 Å². The van der Waals surface area contributed by atoms with Crippen LogP contribution in [-0.2, 0) is 4.74 Å². The van der Waals surface area contributed by atoms with Crippen molar-refractivity contribution in [1.82, 2.24) is 10.2 Å². The van der Waals surface area contributed by atoms with Crippen LogP contribution < -0.4 is 5.32 Å². The maximum Gasteiger partial charge on any atom is 0.0594 e. The van der Waals surface area contributed by atoms with Crippen molar-refractivity contribution in [1.29, 1.82) is 0 Å². The monoisotopic (exact) mass is 276 g/mol. The predicted molar refractivity (Wildman–Crippen MR) is 84.3 cm³/mol. The summed E-state index contributed by atoms with van der Waals surface area (Å²) < 4.78 is 5.38. The van der Waals surface area contributed by atoms with Crippen LogP contribution in [-0.4, -0.2) is 44.3 Å². The molecule has 0 amide bonds. The Balaban J connectivity index is 1.86. The van der Waals surface area contributed by atoms with Gasteiger partial charge in [0.2, 0.25) is 0 Å². The number of ether oxygens (including phenoxy) is 1. The van der Waals surface area contributed by atoms with Gasteiger partial charge in [0.1, 0.15) is 0 Å². The fraction of sp³-hybridized carbons (Fsp3) is 0.647. The van der Waals surface area contributed by atoms with E-state index in [4.69, 9.17) is 4.74 Å². The Bertz CT molecular complexity index is 416. The molecule has 1 unspecified atom stereocenters. The van der Waals surface area contributed by atoms with Crippen molar-refractivity contribution in [3.63, 3.8) is 0 Å². The summed E-state index contributed by atoms with van der Waals surface area (Å²) in [5, 5.41) is 3.66. The average Bonchev–Trinajstić information content (AvgIpc) is 2.38. The molecule has 3 nitrogen and oxygen atoms in total. The molecule has 20 heavy (non-hydrogen) atoms. The standard InChI is InChI=1S/C17H28N2O/c1-13-11-14(2)17(15(3)12-13)16(4)18-5-6-19-7-9-20-10-8-19/h11-12,16,18H,5-10H2,1-4H3. The smallest absolute Gasteiger partial charge is 0.0594 e. The molecular weight excluding hydrogens is 248 g/mol. The molecule has 1 aromatic rings. The number of morpholine rings is 1. The van der Waals surface area contributed by atoms with E-state index in [9.17, 15) is 0 Å². The molecule has 0 saturated carbocycles.